The average molecular weight is 231 g/mol. The molecule has 0 spiro atoms. The molecule has 2 N–H and O–H groups in total. The maximum atomic E-state index is 9.00. The van der Waals surface area contributed by atoms with Crippen LogP contribution in [0.5, 0.6) is 0 Å². The van der Waals surface area contributed by atoms with Gasteiger partial charge in [0.25, 0.3) is 5.97 Å². The molecule has 1 rings (SSSR count). The minimum atomic E-state index is -0.833. The molecule has 0 radical (unpaired) electrons. The van der Waals surface area contributed by atoms with Crippen molar-refractivity contribution in [1.82, 2.24) is 5.32 Å². The minimum absolute atomic E-state index is 0.211. The van der Waals surface area contributed by atoms with E-state index in [1.54, 1.807) is 0 Å². The van der Waals surface area contributed by atoms with Crippen LogP contribution in [0.2, 0.25) is 0 Å². The molecule has 1 aliphatic heterocycles. The van der Waals surface area contributed by atoms with Crippen molar-refractivity contribution in [1.29, 1.82) is 0 Å². The summed E-state index contributed by atoms with van der Waals surface area (Å²) in [6.45, 7) is 10.0. The van der Waals surface area contributed by atoms with Crippen molar-refractivity contribution >= 4 is 5.97 Å². The molecule has 0 aromatic carbocycles. The van der Waals surface area contributed by atoms with Crippen LogP contribution in [0.1, 0.15) is 47.5 Å². The van der Waals surface area contributed by atoms with E-state index in [1.807, 2.05) is 7.11 Å². The molecule has 16 heavy (non-hydrogen) atoms. The molecular weight excluding hydrogens is 206 g/mol. The van der Waals surface area contributed by atoms with Crippen LogP contribution in [0.4, 0.5) is 0 Å². The maximum absolute atomic E-state index is 9.00. The molecule has 96 valence electrons. The van der Waals surface area contributed by atoms with Crippen LogP contribution in [-0.2, 0) is 9.53 Å². The van der Waals surface area contributed by atoms with E-state index in [0.29, 0.717) is 6.10 Å². The number of rotatable bonds is 1. The van der Waals surface area contributed by atoms with Gasteiger partial charge in [-0.3, -0.25) is 4.79 Å². The monoisotopic (exact) mass is 231 g/mol. The summed E-state index contributed by atoms with van der Waals surface area (Å²) in [6, 6.07) is 0. The van der Waals surface area contributed by atoms with E-state index in [-0.39, 0.29) is 11.1 Å². The van der Waals surface area contributed by atoms with E-state index in [0.717, 1.165) is 19.8 Å². The first-order chi connectivity index (χ1) is 7.08. The topological polar surface area (TPSA) is 58.6 Å². The number of hydrogen-bond donors (Lipinski definition) is 2. The molecule has 1 saturated heterocycles. The van der Waals surface area contributed by atoms with Gasteiger partial charge in [-0.05, 0) is 40.5 Å². The Morgan fingerprint density at radius 2 is 1.56 bits per heavy atom. The van der Waals surface area contributed by atoms with Crippen LogP contribution in [0.25, 0.3) is 0 Å². The number of carbonyl (C=O) groups is 1. The number of carboxylic acid groups (broad SMARTS) is 1. The van der Waals surface area contributed by atoms with Crippen LogP contribution < -0.4 is 5.32 Å². The molecule has 0 saturated carbocycles. The van der Waals surface area contributed by atoms with Crippen LogP contribution in [0, 0.1) is 0 Å². The summed E-state index contributed by atoms with van der Waals surface area (Å²) in [6.07, 6.45) is 2.62. The van der Waals surface area contributed by atoms with Crippen LogP contribution in [0.3, 0.4) is 0 Å². The summed E-state index contributed by atoms with van der Waals surface area (Å²) in [4.78, 5) is 9.00. The Morgan fingerprint density at radius 3 is 1.81 bits per heavy atom. The summed E-state index contributed by atoms with van der Waals surface area (Å²) in [7, 11) is 1.81. The number of ether oxygens (including phenoxy) is 1. The SMILES string of the molecule is CC(=O)O.COC1CC(C)(C)NC(C)(C)C1. The number of nitrogens with one attached hydrogen (secondary N) is 1. The van der Waals surface area contributed by atoms with Crippen molar-refractivity contribution in [2.24, 2.45) is 0 Å². The van der Waals surface area contributed by atoms with E-state index in [4.69, 9.17) is 14.6 Å². The van der Waals surface area contributed by atoms with Crippen molar-refractivity contribution in [2.45, 2.75) is 64.6 Å². The molecular formula is C12H25NO3. The number of piperidine rings is 1. The number of aliphatic carboxylic acids is 1. The summed E-state index contributed by atoms with van der Waals surface area (Å²) < 4.78 is 5.42. The molecule has 0 aliphatic carbocycles. The molecule has 0 aromatic heterocycles. The highest BCUT2D eigenvalue weighted by Crippen LogP contribution is 2.29. The largest absolute Gasteiger partial charge is 0.481 e. The quantitative estimate of drug-likeness (QED) is 0.725. The van der Waals surface area contributed by atoms with Crippen molar-refractivity contribution < 1.29 is 14.6 Å². The summed E-state index contributed by atoms with van der Waals surface area (Å²) >= 11 is 0. The van der Waals surface area contributed by atoms with Gasteiger partial charge >= 0.3 is 0 Å². The van der Waals surface area contributed by atoms with E-state index in [2.05, 4.69) is 33.0 Å². The smallest absolute Gasteiger partial charge is 0.300 e. The molecule has 0 unspecified atom stereocenters. The third-order valence-electron chi connectivity index (χ3n) is 2.49. The number of hydrogen-bond acceptors (Lipinski definition) is 3. The van der Waals surface area contributed by atoms with Crippen molar-refractivity contribution in [2.75, 3.05) is 7.11 Å². The molecule has 0 aromatic rings. The third kappa shape index (κ3) is 6.80. The van der Waals surface area contributed by atoms with Crippen LogP contribution >= 0.6 is 0 Å². The molecule has 1 aliphatic rings. The normalized spacial score (nSPS) is 23.1. The lowest BCUT2D eigenvalue weighted by Gasteiger charge is -2.45. The Balaban J connectivity index is 0.000000487. The first-order valence-electron chi connectivity index (χ1n) is 5.60. The zero-order valence-electron chi connectivity index (χ0n) is 11.3. The Labute approximate surface area is 98.4 Å². The van der Waals surface area contributed by atoms with Gasteiger partial charge in [-0.15, -0.1) is 0 Å². The van der Waals surface area contributed by atoms with E-state index in [1.165, 1.54) is 0 Å². The average Bonchev–Trinajstić information content (AvgIpc) is 1.96. The lowest BCUT2D eigenvalue weighted by atomic mass is 9.81. The summed E-state index contributed by atoms with van der Waals surface area (Å²) in [5.41, 5.74) is 0.421. The number of carboxylic acids is 1. The van der Waals surface area contributed by atoms with Gasteiger partial charge in [0.05, 0.1) is 6.10 Å². The molecule has 0 atom stereocenters. The third-order valence-corrected chi connectivity index (χ3v) is 2.49. The second kappa shape index (κ2) is 5.64. The lowest BCUT2D eigenvalue weighted by molar-refractivity contribution is -0.134. The van der Waals surface area contributed by atoms with Gasteiger partial charge in [-0.25, -0.2) is 0 Å². The fourth-order valence-corrected chi connectivity index (χ4v) is 2.40. The second-order valence-corrected chi connectivity index (χ2v) is 5.68. The van der Waals surface area contributed by atoms with Gasteiger partial charge in [0.1, 0.15) is 0 Å². The number of methoxy groups -OCH3 is 1. The van der Waals surface area contributed by atoms with E-state index >= 15 is 0 Å². The van der Waals surface area contributed by atoms with Gasteiger partial charge in [-0.1, -0.05) is 0 Å². The summed E-state index contributed by atoms with van der Waals surface area (Å²) in [5, 5.41) is 11.0. The molecule has 0 amide bonds. The van der Waals surface area contributed by atoms with Crippen molar-refractivity contribution in [3.63, 3.8) is 0 Å². The van der Waals surface area contributed by atoms with Gasteiger partial charge in [0.2, 0.25) is 0 Å². The zero-order valence-corrected chi connectivity index (χ0v) is 11.3. The molecule has 1 fully saturated rings. The zero-order chi connectivity index (χ0) is 13.0. The Bertz CT molecular complexity index is 216. The fourth-order valence-electron chi connectivity index (χ4n) is 2.40. The Morgan fingerprint density at radius 1 is 1.25 bits per heavy atom. The van der Waals surface area contributed by atoms with Gasteiger partial charge in [-0.2, -0.15) is 0 Å². The predicted molar refractivity (Wildman–Crippen MR) is 64.6 cm³/mol. The summed E-state index contributed by atoms with van der Waals surface area (Å²) in [5.74, 6) is -0.833. The van der Waals surface area contributed by atoms with Crippen molar-refractivity contribution in [3.05, 3.63) is 0 Å². The van der Waals surface area contributed by atoms with Crippen molar-refractivity contribution in [3.8, 4) is 0 Å². The van der Waals surface area contributed by atoms with E-state index in [9.17, 15) is 0 Å². The van der Waals surface area contributed by atoms with Gasteiger partial charge in [0, 0.05) is 25.1 Å². The Hall–Kier alpha value is -0.610. The molecule has 4 nitrogen and oxygen atoms in total. The standard InChI is InChI=1S/C10H21NO.C2H4O2/c1-9(2)6-8(12-5)7-10(3,4)11-9;1-2(3)4/h8,11H,6-7H2,1-5H3;1H3,(H,3,4). The highest BCUT2D eigenvalue weighted by Gasteiger charge is 2.37. The van der Waals surface area contributed by atoms with Gasteiger partial charge in [0.15, 0.2) is 0 Å². The highest BCUT2D eigenvalue weighted by molar-refractivity contribution is 5.62. The minimum Gasteiger partial charge on any atom is -0.481 e. The molecule has 4 heteroatoms. The highest BCUT2D eigenvalue weighted by atomic mass is 16.5. The van der Waals surface area contributed by atoms with Gasteiger partial charge < -0.3 is 15.2 Å². The van der Waals surface area contributed by atoms with Crippen LogP contribution in [0.15, 0.2) is 0 Å². The molecule has 0 bridgehead atoms. The lowest BCUT2D eigenvalue weighted by Crippen LogP contribution is -2.59. The molecule has 1 heterocycles. The first kappa shape index (κ1) is 15.4. The first-order valence-corrected chi connectivity index (χ1v) is 5.60. The maximum Gasteiger partial charge on any atom is 0.300 e. The Kier molecular flexibility index (Phi) is 5.42. The second-order valence-electron chi connectivity index (χ2n) is 5.68. The fraction of sp³-hybridized carbons (Fsp3) is 0.917. The van der Waals surface area contributed by atoms with E-state index < -0.39 is 5.97 Å². The predicted octanol–water partition coefficient (Wildman–Crippen LogP) is 2.03. The van der Waals surface area contributed by atoms with Crippen LogP contribution in [-0.4, -0.2) is 35.4 Å².